The number of hydrogen-bond donors (Lipinski definition) is 0. The molecule has 0 saturated carbocycles. The minimum atomic E-state index is -3.49. The van der Waals surface area contributed by atoms with Crippen LogP contribution in [0, 0.1) is 20.8 Å². The molecule has 1 aliphatic heterocycles. The fourth-order valence-electron chi connectivity index (χ4n) is 3.22. The molecule has 2 aromatic carbocycles. The lowest BCUT2D eigenvalue weighted by atomic mass is 10.1. The van der Waals surface area contributed by atoms with E-state index in [-0.39, 0.29) is 0 Å². The number of sulfonamides is 1. The molecule has 4 rings (SSSR count). The molecule has 27 heavy (non-hydrogen) atoms. The molecule has 0 N–H and O–H groups in total. The van der Waals surface area contributed by atoms with Gasteiger partial charge in [0.15, 0.2) is 0 Å². The van der Waals surface area contributed by atoms with Crippen molar-refractivity contribution in [2.75, 3.05) is 6.54 Å². The number of benzene rings is 2. The summed E-state index contributed by atoms with van der Waals surface area (Å²) in [6.07, 6.45) is 0.655. The second-order valence-corrected chi connectivity index (χ2v) is 10.1. The van der Waals surface area contributed by atoms with E-state index >= 15 is 0 Å². The van der Waals surface area contributed by atoms with Crippen LogP contribution in [-0.2, 0) is 23.0 Å². The molecule has 0 saturated heterocycles. The van der Waals surface area contributed by atoms with Gasteiger partial charge < -0.3 is 0 Å². The molecule has 0 bridgehead atoms. The van der Waals surface area contributed by atoms with Crippen molar-refractivity contribution in [3.05, 3.63) is 69.7 Å². The normalized spacial score (nSPS) is 14.9. The minimum Gasteiger partial charge on any atom is -0.241 e. The van der Waals surface area contributed by atoms with Gasteiger partial charge >= 0.3 is 0 Å². The summed E-state index contributed by atoms with van der Waals surface area (Å²) in [5.41, 5.74) is 5.42. The zero-order valence-corrected chi connectivity index (χ0v) is 17.3. The molecule has 6 heteroatoms. The van der Waals surface area contributed by atoms with E-state index in [0.717, 1.165) is 32.3 Å². The predicted molar refractivity (Wildman–Crippen MR) is 110 cm³/mol. The van der Waals surface area contributed by atoms with E-state index in [9.17, 15) is 8.42 Å². The van der Waals surface area contributed by atoms with Crippen molar-refractivity contribution in [2.24, 2.45) is 0 Å². The van der Waals surface area contributed by atoms with Gasteiger partial charge in [-0.1, -0.05) is 35.9 Å². The monoisotopic (exact) mass is 398 g/mol. The Balaban J connectivity index is 1.62. The van der Waals surface area contributed by atoms with Crippen LogP contribution in [0.4, 0.5) is 0 Å². The standard InChI is InChI=1S/C21H22N2O2S2/c1-14-4-7-17(8-5-14)21-22-19-10-11-23(13-20(19)26-21)27(24,25)18-9-6-15(2)16(3)12-18/h4-9,12H,10-11,13H2,1-3H3. The molecule has 2 heterocycles. The molecule has 0 aliphatic carbocycles. The Hall–Kier alpha value is -2.02. The SMILES string of the molecule is Cc1ccc(-c2nc3c(s2)CN(S(=O)(=O)c2ccc(C)c(C)c2)CC3)cc1. The van der Waals surface area contributed by atoms with Gasteiger partial charge in [-0.25, -0.2) is 13.4 Å². The lowest BCUT2D eigenvalue weighted by Gasteiger charge is -2.25. The van der Waals surface area contributed by atoms with Crippen molar-refractivity contribution in [1.29, 1.82) is 0 Å². The Labute approximate surface area is 164 Å². The van der Waals surface area contributed by atoms with E-state index in [1.54, 1.807) is 27.8 Å². The van der Waals surface area contributed by atoms with E-state index in [2.05, 4.69) is 31.2 Å². The summed E-state index contributed by atoms with van der Waals surface area (Å²) >= 11 is 1.60. The van der Waals surface area contributed by atoms with Crippen LogP contribution in [0.25, 0.3) is 10.6 Å². The van der Waals surface area contributed by atoms with Gasteiger partial charge in [0.05, 0.1) is 17.1 Å². The maximum atomic E-state index is 13.1. The molecule has 3 aromatic rings. The topological polar surface area (TPSA) is 50.3 Å². The van der Waals surface area contributed by atoms with Gasteiger partial charge in [-0.05, 0) is 44.0 Å². The van der Waals surface area contributed by atoms with Crippen LogP contribution in [-0.4, -0.2) is 24.3 Å². The zero-order valence-electron chi connectivity index (χ0n) is 15.7. The van der Waals surface area contributed by atoms with Gasteiger partial charge in [0.2, 0.25) is 10.0 Å². The molecule has 140 valence electrons. The molecule has 0 fully saturated rings. The highest BCUT2D eigenvalue weighted by atomic mass is 32.2. The summed E-state index contributed by atoms with van der Waals surface area (Å²) in [6, 6.07) is 13.6. The fourth-order valence-corrected chi connectivity index (χ4v) is 5.93. The van der Waals surface area contributed by atoms with Gasteiger partial charge in [0.1, 0.15) is 5.01 Å². The number of aromatic nitrogens is 1. The number of nitrogens with zero attached hydrogens (tertiary/aromatic N) is 2. The largest absolute Gasteiger partial charge is 0.243 e. The second-order valence-electron chi connectivity index (χ2n) is 7.09. The molecule has 4 nitrogen and oxygen atoms in total. The highest BCUT2D eigenvalue weighted by molar-refractivity contribution is 7.89. The molecule has 1 aromatic heterocycles. The summed E-state index contributed by atoms with van der Waals surface area (Å²) in [5.74, 6) is 0. The third kappa shape index (κ3) is 3.45. The summed E-state index contributed by atoms with van der Waals surface area (Å²) in [6.45, 7) is 6.86. The van der Waals surface area contributed by atoms with Crippen LogP contribution in [0.15, 0.2) is 47.4 Å². The number of rotatable bonds is 3. The molecule has 0 unspecified atom stereocenters. The van der Waals surface area contributed by atoms with Gasteiger partial charge in [-0.15, -0.1) is 11.3 Å². The van der Waals surface area contributed by atoms with Crippen LogP contribution in [0.2, 0.25) is 0 Å². The lowest BCUT2D eigenvalue weighted by molar-refractivity contribution is 0.393. The summed E-state index contributed by atoms with van der Waals surface area (Å²) in [7, 11) is -3.49. The third-order valence-electron chi connectivity index (χ3n) is 5.11. The Morgan fingerprint density at radius 1 is 1.00 bits per heavy atom. The average molecular weight is 399 g/mol. The Kier molecular flexibility index (Phi) is 4.66. The van der Waals surface area contributed by atoms with Crippen LogP contribution in [0.3, 0.4) is 0 Å². The van der Waals surface area contributed by atoms with Crippen molar-refractivity contribution in [2.45, 2.75) is 38.6 Å². The third-order valence-corrected chi connectivity index (χ3v) is 8.08. The van der Waals surface area contributed by atoms with E-state index < -0.39 is 10.0 Å². The Morgan fingerprint density at radius 3 is 2.44 bits per heavy atom. The van der Waals surface area contributed by atoms with E-state index in [1.807, 2.05) is 19.9 Å². The molecule has 0 amide bonds. The summed E-state index contributed by atoms with van der Waals surface area (Å²) in [4.78, 5) is 6.18. The van der Waals surface area contributed by atoms with E-state index in [1.165, 1.54) is 5.56 Å². The van der Waals surface area contributed by atoms with Crippen LogP contribution in [0.5, 0.6) is 0 Å². The van der Waals surface area contributed by atoms with E-state index in [4.69, 9.17) is 4.98 Å². The highest BCUT2D eigenvalue weighted by Gasteiger charge is 2.30. The first-order valence-electron chi connectivity index (χ1n) is 8.97. The van der Waals surface area contributed by atoms with Crippen molar-refractivity contribution in [3.8, 4) is 10.6 Å². The van der Waals surface area contributed by atoms with Crippen molar-refractivity contribution in [1.82, 2.24) is 9.29 Å². The minimum absolute atomic E-state index is 0.373. The molecule has 0 atom stereocenters. The Morgan fingerprint density at radius 2 is 1.74 bits per heavy atom. The second kappa shape index (κ2) is 6.86. The molecular weight excluding hydrogens is 376 g/mol. The van der Waals surface area contributed by atoms with Crippen molar-refractivity contribution >= 4 is 21.4 Å². The summed E-state index contributed by atoms with van der Waals surface area (Å²) < 4.78 is 27.7. The predicted octanol–water partition coefficient (Wildman–Crippen LogP) is 4.48. The first kappa shape index (κ1) is 18.3. The van der Waals surface area contributed by atoms with Crippen LogP contribution < -0.4 is 0 Å². The van der Waals surface area contributed by atoms with Crippen molar-refractivity contribution < 1.29 is 8.42 Å². The maximum absolute atomic E-state index is 13.1. The first-order valence-corrected chi connectivity index (χ1v) is 11.2. The number of fused-ring (bicyclic) bond motifs is 1. The average Bonchev–Trinajstić information content (AvgIpc) is 3.07. The molecular formula is C21H22N2O2S2. The van der Waals surface area contributed by atoms with Gasteiger partial charge in [-0.3, -0.25) is 0 Å². The number of hydrogen-bond acceptors (Lipinski definition) is 4. The maximum Gasteiger partial charge on any atom is 0.243 e. The lowest BCUT2D eigenvalue weighted by Crippen LogP contribution is -2.35. The summed E-state index contributed by atoms with van der Waals surface area (Å²) in [5, 5.41) is 0.963. The number of thiazole rings is 1. The van der Waals surface area contributed by atoms with Gasteiger partial charge in [0.25, 0.3) is 0 Å². The van der Waals surface area contributed by atoms with Crippen LogP contribution in [0.1, 0.15) is 27.3 Å². The highest BCUT2D eigenvalue weighted by Crippen LogP contribution is 2.33. The molecule has 1 aliphatic rings. The fraction of sp³-hybridized carbons (Fsp3) is 0.286. The first-order chi connectivity index (χ1) is 12.8. The van der Waals surface area contributed by atoms with Crippen molar-refractivity contribution in [3.63, 3.8) is 0 Å². The smallest absolute Gasteiger partial charge is 0.241 e. The van der Waals surface area contributed by atoms with Crippen LogP contribution >= 0.6 is 11.3 Å². The van der Waals surface area contributed by atoms with Gasteiger partial charge in [0, 0.05) is 23.4 Å². The quantitative estimate of drug-likeness (QED) is 0.653. The molecule has 0 radical (unpaired) electrons. The number of aryl methyl sites for hydroxylation is 3. The zero-order chi connectivity index (χ0) is 19.2. The van der Waals surface area contributed by atoms with E-state index in [0.29, 0.717) is 24.4 Å². The van der Waals surface area contributed by atoms with Gasteiger partial charge in [-0.2, -0.15) is 4.31 Å². The Bertz CT molecular complexity index is 1100. The molecule has 0 spiro atoms.